The van der Waals surface area contributed by atoms with Gasteiger partial charge in [0.05, 0.1) is 17.2 Å². The van der Waals surface area contributed by atoms with Crippen molar-refractivity contribution in [2.45, 2.75) is 32.7 Å². The highest BCUT2D eigenvalue weighted by atomic mass is 15.1. The zero-order chi connectivity index (χ0) is 18.9. The zero-order valence-electron chi connectivity index (χ0n) is 16.1. The Morgan fingerprint density at radius 1 is 0.857 bits per heavy atom. The summed E-state index contributed by atoms with van der Waals surface area (Å²) >= 11 is 0. The van der Waals surface area contributed by atoms with Gasteiger partial charge in [-0.3, -0.25) is 4.98 Å². The van der Waals surface area contributed by atoms with Crippen LogP contribution >= 0.6 is 0 Å². The minimum Gasteiger partial charge on any atom is -0.323 e. The van der Waals surface area contributed by atoms with Gasteiger partial charge in [0.25, 0.3) is 0 Å². The van der Waals surface area contributed by atoms with Crippen molar-refractivity contribution in [2.24, 2.45) is 0 Å². The Hall–Kier alpha value is -3.20. The molecule has 0 aliphatic rings. The first-order valence-electron chi connectivity index (χ1n) is 10.0. The second kappa shape index (κ2) is 7.08. The highest BCUT2D eigenvalue weighted by Gasteiger charge is 2.15. The molecule has 28 heavy (non-hydrogen) atoms. The molecule has 0 atom stereocenters. The standard InChI is InChI=1S/C25H23N3/c1-2-3-13-24-27-23-16-26-22-15-20-12-8-7-11-19(20)14-21(22)25(23)28(24)17-18-9-5-4-6-10-18/h4-12,14-16H,2-3,13,17H2,1H3. The molecule has 0 aliphatic heterocycles. The number of nitrogens with zero attached hydrogens (tertiary/aromatic N) is 3. The number of aromatic nitrogens is 3. The van der Waals surface area contributed by atoms with E-state index in [1.165, 1.54) is 27.2 Å². The van der Waals surface area contributed by atoms with Gasteiger partial charge < -0.3 is 4.57 Å². The number of unbranched alkanes of at least 4 members (excludes halogenated alkanes) is 1. The summed E-state index contributed by atoms with van der Waals surface area (Å²) in [7, 11) is 0. The van der Waals surface area contributed by atoms with E-state index < -0.39 is 0 Å². The molecule has 0 saturated heterocycles. The molecule has 3 aromatic carbocycles. The summed E-state index contributed by atoms with van der Waals surface area (Å²) in [5.74, 6) is 1.16. The molecule has 0 aliphatic carbocycles. The lowest BCUT2D eigenvalue weighted by Gasteiger charge is -2.11. The fourth-order valence-electron chi connectivity index (χ4n) is 4.01. The van der Waals surface area contributed by atoms with Gasteiger partial charge in [-0.1, -0.05) is 67.9 Å². The van der Waals surface area contributed by atoms with E-state index in [0.29, 0.717) is 0 Å². The van der Waals surface area contributed by atoms with E-state index in [4.69, 9.17) is 9.97 Å². The van der Waals surface area contributed by atoms with Gasteiger partial charge in [0.2, 0.25) is 0 Å². The van der Waals surface area contributed by atoms with Crippen LogP contribution in [0, 0.1) is 0 Å². The summed E-state index contributed by atoms with van der Waals surface area (Å²) in [6.07, 6.45) is 5.24. The summed E-state index contributed by atoms with van der Waals surface area (Å²) in [4.78, 5) is 9.70. The molecule has 2 aromatic heterocycles. The maximum absolute atomic E-state index is 4.98. The van der Waals surface area contributed by atoms with Crippen LogP contribution in [-0.2, 0) is 13.0 Å². The number of benzene rings is 3. The number of aryl methyl sites for hydroxylation is 1. The fourth-order valence-corrected chi connectivity index (χ4v) is 4.01. The molecule has 2 heterocycles. The monoisotopic (exact) mass is 365 g/mol. The van der Waals surface area contributed by atoms with Gasteiger partial charge in [0.1, 0.15) is 11.3 Å². The van der Waals surface area contributed by atoms with Crippen molar-refractivity contribution in [2.75, 3.05) is 0 Å². The average molecular weight is 365 g/mol. The lowest BCUT2D eigenvalue weighted by molar-refractivity contribution is 0.690. The maximum atomic E-state index is 4.98. The Balaban J connectivity index is 1.78. The minimum atomic E-state index is 0.836. The zero-order valence-corrected chi connectivity index (χ0v) is 16.1. The van der Waals surface area contributed by atoms with E-state index in [1.807, 2.05) is 6.20 Å². The normalized spacial score (nSPS) is 11.6. The Morgan fingerprint density at radius 3 is 2.39 bits per heavy atom. The van der Waals surface area contributed by atoms with E-state index in [9.17, 15) is 0 Å². The molecular weight excluding hydrogens is 342 g/mol. The van der Waals surface area contributed by atoms with Gasteiger partial charge in [0.15, 0.2) is 0 Å². The summed E-state index contributed by atoms with van der Waals surface area (Å²) < 4.78 is 2.40. The molecule has 3 heteroatoms. The lowest BCUT2D eigenvalue weighted by Crippen LogP contribution is -2.05. The van der Waals surface area contributed by atoms with Crippen molar-refractivity contribution < 1.29 is 0 Å². The molecule has 0 unspecified atom stereocenters. The van der Waals surface area contributed by atoms with Gasteiger partial charge >= 0.3 is 0 Å². The summed E-state index contributed by atoms with van der Waals surface area (Å²) in [5.41, 5.74) is 4.52. The van der Waals surface area contributed by atoms with Crippen LogP contribution in [0.25, 0.3) is 32.7 Å². The van der Waals surface area contributed by atoms with Crippen molar-refractivity contribution in [1.82, 2.24) is 14.5 Å². The molecule has 138 valence electrons. The number of hydrogen-bond acceptors (Lipinski definition) is 2. The topological polar surface area (TPSA) is 30.7 Å². The van der Waals surface area contributed by atoms with Crippen molar-refractivity contribution in [3.8, 4) is 0 Å². The number of rotatable bonds is 5. The molecule has 0 saturated carbocycles. The number of pyridine rings is 1. The van der Waals surface area contributed by atoms with Gasteiger partial charge in [-0.2, -0.15) is 0 Å². The molecule has 0 N–H and O–H groups in total. The lowest BCUT2D eigenvalue weighted by atomic mass is 10.1. The van der Waals surface area contributed by atoms with E-state index in [-0.39, 0.29) is 0 Å². The molecular formula is C25H23N3. The molecule has 0 bridgehead atoms. The van der Waals surface area contributed by atoms with Gasteiger partial charge in [-0.05, 0) is 34.9 Å². The summed E-state index contributed by atoms with van der Waals surface area (Å²) in [6, 6.07) is 23.6. The second-order valence-electron chi connectivity index (χ2n) is 7.41. The molecule has 3 nitrogen and oxygen atoms in total. The van der Waals surface area contributed by atoms with E-state index in [0.717, 1.165) is 42.7 Å². The maximum Gasteiger partial charge on any atom is 0.110 e. The first-order chi connectivity index (χ1) is 13.8. The van der Waals surface area contributed by atoms with Crippen LogP contribution in [0.1, 0.15) is 31.2 Å². The van der Waals surface area contributed by atoms with Crippen LogP contribution in [-0.4, -0.2) is 14.5 Å². The van der Waals surface area contributed by atoms with Crippen LogP contribution in [0.3, 0.4) is 0 Å². The van der Waals surface area contributed by atoms with Crippen LogP contribution in [0.5, 0.6) is 0 Å². The van der Waals surface area contributed by atoms with Crippen molar-refractivity contribution in [1.29, 1.82) is 0 Å². The van der Waals surface area contributed by atoms with Crippen molar-refractivity contribution in [3.63, 3.8) is 0 Å². The van der Waals surface area contributed by atoms with Gasteiger partial charge in [-0.15, -0.1) is 0 Å². The summed E-state index contributed by atoms with van der Waals surface area (Å²) in [5, 5.41) is 3.65. The van der Waals surface area contributed by atoms with E-state index in [1.54, 1.807) is 0 Å². The highest BCUT2D eigenvalue weighted by molar-refractivity contribution is 6.08. The molecule has 0 spiro atoms. The number of fused-ring (bicyclic) bond motifs is 4. The first-order valence-corrected chi connectivity index (χ1v) is 10.0. The molecule has 0 radical (unpaired) electrons. The van der Waals surface area contributed by atoms with Crippen LogP contribution in [0.4, 0.5) is 0 Å². The molecule has 0 amide bonds. The van der Waals surface area contributed by atoms with E-state index >= 15 is 0 Å². The van der Waals surface area contributed by atoms with Crippen molar-refractivity contribution >= 4 is 32.7 Å². The largest absolute Gasteiger partial charge is 0.323 e. The fraction of sp³-hybridized carbons (Fsp3) is 0.200. The Bertz CT molecular complexity index is 1270. The average Bonchev–Trinajstić information content (AvgIpc) is 3.09. The smallest absolute Gasteiger partial charge is 0.110 e. The first kappa shape index (κ1) is 16.9. The summed E-state index contributed by atoms with van der Waals surface area (Å²) in [6.45, 7) is 3.07. The third-order valence-electron chi connectivity index (χ3n) is 5.46. The predicted molar refractivity (Wildman–Crippen MR) is 117 cm³/mol. The van der Waals surface area contributed by atoms with Gasteiger partial charge in [-0.25, -0.2) is 4.98 Å². The van der Waals surface area contributed by atoms with Crippen molar-refractivity contribution in [3.05, 3.63) is 84.3 Å². The molecule has 5 rings (SSSR count). The quantitative estimate of drug-likeness (QED) is 0.351. The Labute approximate surface area is 164 Å². The highest BCUT2D eigenvalue weighted by Crippen LogP contribution is 2.29. The number of imidazole rings is 1. The molecule has 5 aromatic rings. The van der Waals surface area contributed by atoms with Crippen LogP contribution in [0.15, 0.2) is 72.9 Å². The third-order valence-corrected chi connectivity index (χ3v) is 5.46. The Kier molecular flexibility index (Phi) is 4.28. The molecule has 0 fully saturated rings. The van der Waals surface area contributed by atoms with Crippen LogP contribution in [0.2, 0.25) is 0 Å². The SMILES string of the molecule is CCCCc1nc2cnc3cc4ccccc4cc3c2n1Cc1ccccc1. The number of hydrogen-bond donors (Lipinski definition) is 0. The minimum absolute atomic E-state index is 0.836. The third kappa shape index (κ3) is 2.93. The van der Waals surface area contributed by atoms with Crippen LogP contribution < -0.4 is 0 Å². The Morgan fingerprint density at radius 2 is 1.61 bits per heavy atom. The predicted octanol–water partition coefficient (Wildman–Crippen LogP) is 6.13. The second-order valence-corrected chi connectivity index (χ2v) is 7.41. The van der Waals surface area contributed by atoms with Gasteiger partial charge in [0, 0.05) is 18.4 Å². The van der Waals surface area contributed by atoms with E-state index in [2.05, 4.69) is 78.2 Å².